The van der Waals surface area contributed by atoms with E-state index in [9.17, 15) is 13.5 Å². The normalized spacial score (nSPS) is 13.9. The largest absolute Gasteiger partial charge is 0.392 e. The highest BCUT2D eigenvalue weighted by Gasteiger charge is 2.19. The van der Waals surface area contributed by atoms with Gasteiger partial charge in [-0.05, 0) is 20.3 Å². The summed E-state index contributed by atoms with van der Waals surface area (Å²) in [6.45, 7) is 6.14. The van der Waals surface area contributed by atoms with Crippen LogP contribution in [0.3, 0.4) is 0 Å². The van der Waals surface area contributed by atoms with E-state index in [2.05, 4.69) is 9.71 Å². The molecule has 2 N–H and O–H groups in total. The van der Waals surface area contributed by atoms with Crippen LogP contribution in [0.1, 0.15) is 26.1 Å². The van der Waals surface area contributed by atoms with Gasteiger partial charge in [-0.1, -0.05) is 6.92 Å². The Kier molecular flexibility index (Phi) is 4.67. The molecule has 6 nitrogen and oxygen atoms in total. The van der Waals surface area contributed by atoms with Crippen molar-refractivity contribution >= 4 is 10.0 Å². The van der Waals surface area contributed by atoms with E-state index in [4.69, 9.17) is 0 Å². The van der Waals surface area contributed by atoms with Gasteiger partial charge in [-0.25, -0.2) is 18.1 Å². The van der Waals surface area contributed by atoms with Crippen LogP contribution in [0.4, 0.5) is 0 Å². The van der Waals surface area contributed by atoms with E-state index in [1.165, 1.54) is 6.20 Å². The van der Waals surface area contributed by atoms with Gasteiger partial charge in [0.25, 0.3) is 10.0 Å². The molecule has 98 valence electrons. The van der Waals surface area contributed by atoms with Crippen molar-refractivity contribution in [2.75, 3.05) is 6.54 Å². The van der Waals surface area contributed by atoms with E-state index in [1.807, 2.05) is 6.92 Å². The van der Waals surface area contributed by atoms with Crippen molar-refractivity contribution in [2.24, 2.45) is 0 Å². The predicted octanol–water partition coefficient (Wildman–Crippen LogP) is 0.261. The highest BCUT2D eigenvalue weighted by molar-refractivity contribution is 7.89. The average molecular weight is 261 g/mol. The molecule has 17 heavy (non-hydrogen) atoms. The molecule has 7 heteroatoms. The first-order chi connectivity index (χ1) is 7.90. The summed E-state index contributed by atoms with van der Waals surface area (Å²) in [5.41, 5.74) is 0. The van der Waals surface area contributed by atoms with Gasteiger partial charge in [-0.15, -0.1) is 0 Å². The van der Waals surface area contributed by atoms with Crippen LogP contribution >= 0.6 is 0 Å². The van der Waals surface area contributed by atoms with E-state index in [-0.39, 0.29) is 11.6 Å². The van der Waals surface area contributed by atoms with Crippen molar-refractivity contribution in [3.8, 4) is 0 Å². The van der Waals surface area contributed by atoms with Crippen molar-refractivity contribution in [3.63, 3.8) is 0 Å². The number of rotatable bonds is 6. The lowest BCUT2D eigenvalue weighted by Gasteiger charge is -2.08. The fourth-order valence-corrected chi connectivity index (χ4v) is 2.43. The van der Waals surface area contributed by atoms with Gasteiger partial charge in [0.15, 0.2) is 5.03 Å². The number of aromatic nitrogens is 2. The fraction of sp³-hybridized carbons (Fsp3) is 0.700. The Morgan fingerprint density at radius 1 is 1.53 bits per heavy atom. The number of aliphatic hydroxyl groups excluding tert-OH is 1. The molecule has 0 saturated carbocycles. The maximum absolute atomic E-state index is 11.8. The Morgan fingerprint density at radius 3 is 2.65 bits per heavy atom. The molecule has 0 aliphatic rings. The number of hydrogen-bond donors (Lipinski definition) is 2. The van der Waals surface area contributed by atoms with Crippen molar-refractivity contribution in [2.45, 2.75) is 44.9 Å². The lowest BCUT2D eigenvalue weighted by atomic mass is 10.3. The second-order valence-corrected chi connectivity index (χ2v) is 5.54. The SMILES string of the molecule is CCC(O)CNS(=O)(=O)c1cn(CC)c(C)n1. The van der Waals surface area contributed by atoms with Crippen LogP contribution in [-0.4, -0.2) is 35.7 Å². The van der Waals surface area contributed by atoms with E-state index in [1.54, 1.807) is 18.4 Å². The van der Waals surface area contributed by atoms with Gasteiger partial charge in [-0.2, -0.15) is 0 Å². The van der Waals surface area contributed by atoms with Crippen LogP contribution < -0.4 is 4.72 Å². The van der Waals surface area contributed by atoms with Gasteiger partial charge in [0.2, 0.25) is 0 Å². The summed E-state index contributed by atoms with van der Waals surface area (Å²) in [5.74, 6) is 0.656. The number of sulfonamides is 1. The smallest absolute Gasteiger partial charge is 0.259 e. The van der Waals surface area contributed by atoms with E-state index < -0.39 is 16.1 Å². The first-order valence-corrected chi connectivity index (χ1v) is 7.10. The molecule has 0 fully saturated rings. The summed E-state index contributed by atoms with van der Waals surface area (Å²) < 4.78 is 27.8. The standard InChI is InChI=1S/C10H19N3O3S/c1-4-9(14)6-11-17(15,16)10-7-13(5-2)8(3)12-10/h7,9,11,14H,4-6H2,1-3H3. The number of imidazole rings is 1. The molecule has 1 rings (SSSR count). The fourth-order valence-electron chi connectivity index (χ4n) is 1.35. The molecule has 1 atom stereocenters. The molecule has 1 heterocycles. The number of nitrogens with zero attached hydrogens (tertiary/aromatic N) is 2. The molecule has 0 amide bonds. The van der Waals surface area contributed by atoms with E-state index >= 15 is 0 Å². The third-order valence-electron chi connectivity index (χ3n) is 2.55. The molecule has 0 radical (unpaired) electrons. The molecule has 0 aliphatic carbocycles. The number of aryl methyl sites for hydroxylation is 2. The molecule has 0 spiro atoms. The van der Waals surface area contributed by atoms with Gasteiger partial charge in [0.1, 0.15) is 5.82 Å². The Hall–Kier alpha value is -0.920. The molecule has 0 aromatic carbocycles. The Morgan fingerprint density at radius 2 is 2.18 bits per heavy atom. The van der Waals surface area contributed by atoms with Crippen LogP contribution in [0.15, 0.2) is 11.2 Å². The summed E-state index contributed by atoms with van der Waals surface area (Å²) in [6.07, 6.45) is 1.33. The van der Waals surface area contributed by atoms with Gasteiger partial charge in [-0.3, -0.25) is 0 Å². The zero-order valence-corrected chi connectivity index (χ0v) is 11.2. The zero-order chi connectivity index (χ0) is 13.1. The minimum atomic E-state index is -3.62. The molecule has 0 bridgehead atoms. The number of nitrogens with one attached hydrogen (secondary N) is 1. The monoisotopic (exact) mass is 261 g/mol. The summed E-state index contributed by atoms with van der Waals surface area (Å²) in [6, 6.07) is 0. The highest BCUT2D eigenvalue weighted by atomic mass is 32.2. The second-order valence-electron chi connectivity index (χ2n) is 3.83. The van der Waals surface area contributed by atoms with Crippen LogP contribution in [0, 0.1) is 6.92 Å². The van der Waals surface area contributed by atoms with Gasteiger partial charge >= 0.3 is 0 Å². The van der Waals surface area contributed by atoms with Gasteiger partial charge < -0.3 is 9.67 Å². The Labute approximate surface area is 102 Å². The molecule has 1 unspecified atom stereocenters. The molecule has 1 aromatic heterocycles. The lowest BCUT2D eigenvalue weighted by Crippen LogP contribution is -2.32. The predicted molar refractivity (Wildman–Crippen MR) is 64.1 cm³/mol. The van der Waals surface area contributed by atoms with E-state index in [0.717, 1.165) is 0 Å². The van der Waals surface area contributed by atoms with Crippen LogP contribution in [0.25, 0.3) is 0 Å². The topological polar surface area (TPSA) is 84.2 Å². The Balaban J connectivity index is 2.82. The molecule has 0 saturated heterocycles. The average Bonchev–Trinajstić information content (AvgIpc) is 2.68. The summed E-state index contributed by atoms with van der Waals surface area (Å²) in [7, 11) is -3.62. The van der Waals surface area contributed by atoms with Crippen molar-refractivity contribution in [1.82, 2.24) is 14.3 Å². The highest BCUT2D eigenvalue weighted by Crippen LogP contribution is 2.08. The van der Waals surface area contributed by atoms with Gasteiger partial charge in [0, 0.05) is 19.3 Å². The minimum Gasteiger partial charge on any atom is -0.392 e. The third-order valence-corrected chi connectivity index (χ3v) is 3.84. The zero-order valence-electron chi connectivity index (χ0n) is 10.3. The van der Waals surface area contributed by atoms with E-state index in [0.29, 0.717) is 18.8 Å². The minimum absolute atomic E-state index is 0.000142. The summed E-state index contributed by atoms with van der Waals surface area (Å²) in [4.78, 5) is 3.99. The molecule has 0 aliphatic heterocycles. The molecular weight excluding hydrogens is 242 g/mol. The van der Waals surface area contributed by atoms with Crippen molar-refractivity contribution < 1.29 is 13.5 Å². The summed E-state index contributed by atoms with van der Waals surface area (Å²) >= 11 is 0. The van der Waals surface area contributed by atoms with Gasteiger partial charge in [0.05, 0.1) is 6.10 Å². The third kappa shape index (κ3) is 3.52. The molecular formula is C10H19N3O3S. The number of aliphatic hydroxyl groups is 1. The van der Waals surface area contributed by atoms with Crippen LogP contribution in [0.5, 0.6) is 0 Å². The maximum Gasteiger partial charge on any atom is 0.259 e. The first-order valence-electron chi connectivity index (χ1n) is 5.62. The molecule has 1 aromatic rings. The lowest BCUT2D eigenvalue weighted by molar-refractivity contribution is 0.174. The quantitative estimate of drug-likeness (QED) is 0.769. The first kappa shape index (κ1) is 14.1. The van der Waals surface area contributed by atoms with Crippen LogP contribution in [0.2, 0.25) is 0 Å². The summed E-state index contributed by atoms with van der Waals surface area (Å²) in [5, 5.41) is 9.32. The van der Waals surface area contributed by atoms with Crippen molar-refractivity contribution in [1.29, 1.82) is 0 Å². The second kappa shape index (κ2) is 5.61. The van der Waals surface area contributed by atoms with Crippen molar-refractivity contribution in [3.05, 3.63) is 12.0 Å². The maximum atomic E-state index is 11.8. The Bertz CT molecular complexity index is 467. The number of hydrogen-bond acceptors (Lipinski definition) is 4. The van der Waals surface area contributed by atoms with Crippen LogP contribution in [-0.2, 0) is 16.6 Å².